The minimum absolute atomic E-state index is 0.0869. The van der Waals surface area contributed by atoms with Crippen LogP contribution in [-0.2, 0) is 10.9 Å². The molecule has 1 aromatic carbocycles. The van der Waals surface area contributed by atoms with Crippen molar-refractivity contribution in [2.75, 3.05) is 39.4 Å². The van der Waals surface area contributed by atoms with Gasteiger partial charge in [0.2, 0.25) is 0 Å². The Morgan fingerprint density at radius 1 is 1.14 bits per heavy atom. The third-order valence-corrected chi connectivity index (χ3v) is 6.31. The molecule has 0 atom stereocenters. The number of ether oxygens (including phenoxy) is 1. The first-order valence-corrected chi connectivity index (χ1v) is 12.0. The molecule has 2 aromatic heterocycles. The molecule has 0 saturated carbocycles. The van der Waals surface area contributed by atoms with Crippen LogP contribution < -0.4 is 5.32 Å². The average Bonchev–Trinajstić information content (AvgIpc) is 3.34. The monoisotopic (exact) mass is 510 g/mol. The summed E-state index contributed by atoms with van der Waals surface area (Å²) in [5.74, 6) is -0.203. The van der Waals surface area contributed by atoms with Gasteiger partial charge in [-0.3, -0.25) is 14.7 Å². The second kappa shape index (κ2) is 11.6. The summed E-state index contributed by atoms with van der Waals surface area (Å²) >= 11 is 0. The molecule has 0 unspecified atom stereocenters. The van der Waals surface area contributed by atoms with E-state index in [9.17, 15) is 18.0 Å². The first-order chi connectivity index (χ1) is 17.8. The zero-order chi connectivity index (χ0) is 26.4. The van der Waals surface area contributed by atoms with Crippen LogP contribution in [0.25, 0.3) is 22.5 Å². The number of alkyl halides is 3. The third kappa shape index (κ3) is 6.00. The molecule has 1 saturated heterocycles. The standard InChI is InChI=1S/C28H29F3N4O2/c1-3-20(4-2)24-9-10-25(35(24)26-19-32-12-11-23(26)28(29,30)31)21-5-7-22(8-6-21)27(36)33-13-14-34-15-17-37-18-16-34/h3-12,19H,1,13-18H2,2H3,(H,33,36)/b20-4+. The molecular formula is C28H29F3N4O2. The van der Waals surface area contributed by atoms with Gasteiger partial charge in [-0.1, -0.05) is 30.9 Å². The van der Waals surface area contributed by atoms with Gasteiger partial charge >= 0.3 is 6.18 Å². The minimum atomic E-state index is -4.56. The molecule has 1 aliphatic rings. The molecule has 6 nitrogen and oxygen atoms in total. The van der Waals surface area contributed by atoms with Crippen LogP contribution >= 0.6 is 0 Å². The summed E-state index contributed by atoms with van der Waals surface area (Å²) in [7, 11) is 0. The molecule has 37 heavy (non-hydrogen) atoms. The van der Waals surface area contributed by atoms with Crippen molar-refractivity contribution in [2.45, 2.75) is 13.1 Å². The molecule has 0 radical (unpaired) electrons. The van der Waals surface area contributed by atoms with E-state index in [-0.39, 0.29) is 11.6 Å². The van der Waals surface area contributed by atoms with Gasteiger partial charge < -0.3 is 14.6 Å². The summed E-state index contributed by atoms with van der Waals surface area (Å²) in [6.07, 6.45) is 1.17. The molecule has 1 amide bonds. The van der Waals surface area contributed by atoms with E-state index < -0.39 is 11.7 Å². The number of nitrogens with zero attached hydrogens (tertiary/aromatic N) is 3. The van der Waals surface area contributed by atoms with Crippen LogP contribution in [0.5, 0.6) is 0 Å². The Balaban J connectivity index is 1.63. The summed E-state index contributed by atoms with van der Waals surface area (Å²) < 4.78 is 48.6. The number of benzene rings is 1. The molecule has 1 aliphatic heterocycles. The lowest BCUT2D eigenvalue weighted by atomic mass is 10.1. The Labute approximate surface area is 214 Å². The van der Waals surface area contributed by atoms with Gasteiger partial charge in [-0.25, -0.2) is 0 Å². The zero-order valence-corrected chi connectivity index (χ0v) is 20.6. The second-order valence-corrected chi connectivity index (χ2v) is 8.57. The van der Waals surface area contributed by atoms with Crippen LogP contribution in [0, 0.1) is 0 Å². The van der Waals surface area contributed by atoms with Crippen LogP contribution in [-0.4, -0.2) is 59.8 Å². The number of halogens is 3. The van der Waals surface area contributed by atoms with Crippen molar-refractivity contribution in [3.63, 3.8) is 0 Å². The first-order valence-electron chi connectivity index (χ1n) is 12.0. The van der Waals surface area contributed by atoms with Gasteiger partial charge in [0.1, 0.15) is 0 Å². The van der Waals surface area contributed by atoms with Crippen LogP contribution in [0.15, 0.2) is 73.6 Å². The smallest absolute Gasteiger partial charge is 0.379 e. The number of carbonyl (C=O) groups excluding carboxylic acids is 1. The van der Waals surface area contributed by atoms with Crippen molar-refractivity contribution < 1.29 is 22.7 Å². The maximum absolute atomic E-state index is 13.9. The van der Waals surface area contributed by atoms with Gasteiger partial charge in [0.25, 0.3) is 5.91 Å². The van der Waals surface area contributed by atoms with E-state index in [2.05, 4.69) is 21.8 Å². The number of carbonyl (C=O) groups is 1. The molecular weight excluding hydrogens is 481 g/mol. The summed E-state index contributed by atoms with van der Waals surface area (Å²) in [5, 5.41) is 2.92. The van der Waals surface area contributed by atoms with Gasteiger partial charge in [-0.15, -0.1) is 0 Å². The zero-order valence-electron chi connectivity index (χ0n) is 20.6. The van der Waals surface area contributed by atoms with Crippen molar-refractivity contribution in [1.82, 2.24) is 19.8 Å². The highest BCUT2D eigenvalue weighted by Gasteiger charge is 2.35. The van der Waals surface area contributed by atoms with Gasteiger partial charge in [0.05, 0.1) is 42.0 Å². The lowest BCUT2D eigenvalue weighted by Crippen LogP contribution is -2.41. The van der Waals surface area contributed by atoms with E-state index in [1.165, 1.54) is 10.8 Å². The fourth-order valence-corrected chi connectivity index (χ4v) is 4.37. The largest absolute Gasteiger partial charge is 0.418 e. The third-order valence-electron chi connectivity index (χ3n) is 6.31. The van der Waals surface area contributed by atoms with E-state index in [4.69, 9.17) is 4.74 Å². The van der Waals surface area contributed by atoms with E-state index in [1.807, 2.05) is 0 Å². The highest BCUT2D eigenvalue weighted by Crippen LogP contribution is 2.38. The second-order valence-electron chi connectivity index (χ2n) is 8.57. The highest BCUT2D eigenvalue weighted by atomic mass is 19.4. The first kappa shape index (κ1) is 26.4. The number of hydrogen-bond donors (Lipinski definition) is 1. The summed E-state index contributed by atoms with van der Waals surface area (Å²) in [5.41, 5.74) is 2.02. The molecule has 3 aromatic rings. The van der Waals surface area contributed by atoms with Crippen molar-refractivity contribution in [2.24, 2.45) is 0 Å². The average molecular weight is 511 g/mol. The molecule has 0 bridgehead atoms. The number of pyridine rings is 1. The van der Waals surface area contributed by atoms with E-state index in [0.29, 0.717) is 47.8 Å². The fourth-order valence-electron chi connectivity index (χ4n) is 4.37. The van der Waals surface area contributed by atoms with Gasteiger partial charge in [-0.05, 0) is 48.4 Å². The number of allylic oxidation sites excluding steroid dienone is 3. The quantitative estimate of drug-likeness (QED) is 0.423. The number of nitrogens with one attached hydrogen (secondary N) is 1. The summed E-state index contributed by atoms with van der Waals surface area (Å²) in [6, 6.07) is 11.3. The maximum atomic E-state index is 13.9. The molecule has 9 heteroatoms. The lowest BCUT2D eigenvalue weighted by Gasteiger charge is -2.26. The summed E-state index contributed by atoms with van der Waals surface area (Å²) in [6.45, 7) is 9.96. The Kier molecular flexibility index (Phi) is 8.25. The number of morpholine rings is 1. The van der Waals surface area contributed by atoms with Crippen molar-refractivity contribution in [3.05, 3.63) is 90.4 Å². The van der Waals surface area contributed by atoms with Crippen molar-refractivity contribution in [3.8, 4) is 16.9 Å². The maximum Gasteiger partial charge on any atom is 0.418 e. The van der Waals surface area contributed by atoms with Crippen LogP contribution in [0.2, 0.25) is 0 Å². The Bertz CT molecular complexity index is 1270. The topological polar surface area (TPSA) is 59.4 Å². The molecule has 4 rings (SSSR count). The van der Waals surface area contributed by atoms with E-state index in [1.54, 1.807) is 55.5 Å². The normalized spacial score (nSPS) is 15.0. The predicted octanol–water partition coefficient (Wildman–Crippen LogP) is 5.21. The summed E-state index contributed by atoms with van der Waals surface area (Å²) in [4.78, 5) is 18.8. The molecule has 1 N–H and O–H groups in total. The molecule has 3 heterocycles. The number of amides is 1. The minimum Gasteiger partial charge on any atom is -0.379 e. The van der Waals surface area contributed by atoms with Gasteiger partial charge in [0.15, 0.2) is 0 Å². The molecule has 0 spiro atoms. The lowest BCUT2D eigenvalue weighted by molar-refractivity contribution is -0.137. The Morgan fingerprint density at radius 3 is 2.51 bits per heavy atom. The van der Waals surface area contributed by atoms with Gasteiger partial charge in [0, 0.05) is 37.9 Å². The van der Waals surface area contributed by atoms with Crippen molar-refractivity contribution in [1.29, 1.82) is 0 Å². The van der Waals surface area contributed by atoms with Crippen LogP contribution in [0.4, 0.5) is 13.2 Å². The van der Waals surface area contributed by atoms with Crippen LogP contribution in [0.3, 0.4) is 0 Å². The SMILES string of the molecule is C=C/C(=C\C)c1ccc(-c2ccc(C(=O)NCCN3CCOCC3)cc2)n1-c1cnccc1C(F)(F)F. The number of hydrogen-bond acceptors (Lipinski definition) is 4. The fraction of sp³-hybridized carbons (Fsp3) is 0.286. The molecule has 1 fully saturated rings. The molecule has 194 valence electrons. The van der Waals surface area contributed by atoms with Gasteiger partial charge in [-0.2, -0.15) is 13.2 Å². The predicted molar refractivity (Wildman–Crippen MR) is 137 cm³/mol. The Morgan fingerprint density at radius 2 is 1.86 bits per heavy atom. The van der Waals surface area contributed by atoms with E-state index >= 15 is 0 Å². The van der Waals surface area contributed by atoms with Crippen molar-refractivity contribution >= 4 is 11.5 Å². The number of rotatable bonds is 8. The Hall–Kier alpha value is -3.69. The molecule has 0 aliphatic carbocycles. The number of aromatic nitrogens is 2. The van der Waals surface area contributed by atoms with E-state index in [0.717, 1.165) is 31.9 Å². The van der Waals surface area contributed by atoms with Crippen LogP contribution in [0.1, 0.15) is 28.5 Å². The highest BCUT2D eigenvalue weighted by molar-refractivity contribution is 5.94.